The standard InChI is InChI=1S/C17H22N4O3S/c1-4-5-11-21-15(22)14(12(2)19-20-17(23)24-3)25-16(21)18-13-9-7-6-8-10-13/h6-10,22H,4-5,11H2,1-3H3,(H,20,23)/b18-16?,19-12+. The van der Waals surface area contributed by atoms with Crippen molar-refractivity contribution >= 4 is 28.8 Å². The SMILES string of the molecule is CCCCn1c(O)c(/C(C)=N/NC(=O)OC)sc1=Nc1ccccc1. The highest BCUT2D eigenvalue weighted by Gasteiger charge is 2.15. The summed E-state index contributed by atoms with van der Waals surface area (Å²) in [5.74, 6) is 0.0982. The average molecular weight is 362 g/mol. The molecule has 7 nitrogen and oxygen atoms in total. The molecule has 2 rings (SSSR count). The van der Waals surface area contributed by atoms with Crippen LogP contribution in [-0.2, 0) is 11.3 Å². The Morgan fingerprint density at radius 3 is 2.72 bits per heavy atom. The maximum absolute atomic E-state index is 11.2. The third-order valence-corrected chi connectivity index (χ3v) is 4.60. The zero-order chi connectivity index (χ0) is 18.2. The summed E-state index contributed by atoms with van der Waals surface area (Å²) >= 11 is 1.32. The lowest BCUT2D eigenvalue weighted by Gasteiger charge is -2.04. The van der Waals surface area contributed by atoms with Gasteiger partial charge in [-0.3, -0.25) is 4.57 Å². The van der Waals surface area contributed by atoms with E-state index < -0.39 is 6.09 Å². The molecule has 2 aromatic rings. The van der Waals surface area contributed by atoms with Gasteiger partial charge in [0.15, 0.2) is 4.80 Å². The highest BCUT2D eigenvalue weighted by Crippen LogP contribution is 2.22. The van der Waals surface area contributed by atoms with Crippen LogP contribution in [0.5, 0.6) is 5.88 Å². The smallest absolute Gasteiger partial charge is 0.427 e. The number of carbonyl (C=O) groups is 1. The molecule has 8 heteroatoms. The minimum atomic E-state index is -0.663. The number of hydrazone groups is 1. The predicted molar refractivity (Wildman–Crippen MR) is 98.3 cm³/mol. The number of hydrogen-bond donors (Lipinski definition) is 2. The largest absolute Gasteiger partial charge is 0.493 e. The molecule has 0 saturated carbocycles. The number of unbranched alkanes of at least 4 members (excludes halogenated alkanes) is 1. The summed E-state index contributed by atoms with van der Waals surface area (Å²) in [6, 6.07) is 9.56. The van der Waals surface area contributed by atoms with E-state index in [0.717, 1.165) is 18.5 Å². The Balaban J connectivity index is 2.45. The van der Waals surface area contributed by atoms with Crippen molar-refractivity contribution in [3.63, 3.8) is 0 Å². The van der Waals surface area contributed by atoms with Gasteiger partial charge in [0.1, 0.15) is 4.88 Å². The van der Waals surface area contributed by atoms with Crippen molar-refractivity contribution in [1.82, 2.24) is 9.99 Å². The molecular weight excluding hydrogens is 340 g/mol. The third-order valence-electron chi connectivity index (χ3n) is 3.43. The normalized spacial score (nSPS) is 12.3. The molecule has 1 amide bonds. The molecule has 0 fully saturated rings. The molecule has 0 aliphatic heterocycles. The lowest BCUT2D eigenvalue weighted by Crippen LogP contribution is -2.18. The first-order chi connectivity index (χ1) is 12.1. The number of benzene rings is 1. The van der Waals surface area contributed by atoms with Crippen molar-refractivity contribution in [2.45, 2.75) is 33.2 Å². The topological polar surface area (TPSA) is 88.2 Å². The molecule has 0 unspecified atom stereocenters. The minimum absolute atomic E-state index is 0.0982. The summed E-state index contributed by atoms with van der Waals surface area (Å²) in [5, 5.41) is 14.6. The van der Waals surface area contributed by atoms with Gasteiger partial charge in [-0.1, -0.05) is 42.9 Å². The van der Waals surface area contributed by atoms with E-state index >= 15 is 0 Å². The molecule has 0 aliphatic rings. The monoisotopic (exact) mass is 362 g/mol. The highest BCUT2D eigenvalue weighted by molar-refractivity contribution is 7.11. The molecular formula is C17H22N4O3S. The van der Waals surface area contributed by atoms with Crippen molar-refractivity contribution in [3.05, 3.63) is 40.0 Å². The van der Waals surface area contributed by atoms with Crippen LogP contribution in [0, 0.1) is 0 Å². The van der Waals surface area contributed by atoms with Crippen molar-refractivity contribution in [3.8, 4) is 5.88 Å². The molecule has 0 radical (unpaired) electrons. The van der Waals surface area contributed by atoms with Crippen LogP contribution in [0.2, 0.25) is 0 Å². The van der Waals surface area contributed by atoms with Crippen LogP contribution in [-0.4, -0.2) is 28.6 Å². The summed E-state index contributed by atoms with van der Waals surface area (Å²) in [6.07, 6.45) is 1.25. The second-order valence-electron chi connectivity index (χ2n) is 5.29. The van der Waals surface area contributed by atoms with E-state index in [-0.39, 0.29) is 5.88 Å². The van der Waals surface area contributed by atoms with Crippen LogP contribution in [0.15, 0.2) is 40.4 Å². The van der Waals surface area contributed by atoms with Crippen LogP contribution in [0.4, 0.5) is 10.5 Å². The molecule has 0 saturated heterocycles. The Labute approximate surface area is 150 Å². The number of ether oxygens (including phenoxy) is 1. The first kappa shape index (κ1) is 18.7. The first-order valence-electron chi connectivity index (χ1n) is 7.97. The number of nitrogens with zero attached hydrogens (tertiary/aromatic N) is 3. The van der Waals surface area contributed by atoms with Crippen molar-refractivity contribution in [1.29, 1.82) is 0 Å². The van der Waals surface area contributed by atoms with E-state index in [0.29, 0.717) is 21.9 Å². The van der Waals surface area contributed by atoms with E-state index in [2.05, 4.69) is 27.2 Å². The summed E-state index contributed by atoms with van der Waals surface area (Å²) in [5.41, 5.74) is 3.55. The fourth-order valence-electron chi connectivity index (χ4n) is 2.08. The van der Waals surface area contributed by atoms with Gasteiger partial charge in [0.2, 0.25) is 5.88 Å². The predicted octanol–water partition coefficient (Wildman–Crippen LogP) is 3.37. The molecule has 1 aromatic heterocycles. The van der Waals surface area contributed by atoms with Gasteiger partial charge < -0.3 is 9.84 Å². The van der Waals surface area contributed by atoms with E-state index in [9.17, 15) is 9.90 Å². The number of carbonyl (C=O) groups excluding carboxylic acids is 1. The molecule has 0 spiro atoms. The lowest BCUT2D eigenvalue weighted by atomic mass is 10.3. The van der Waals surface area contributed by atoms with Gasteiger partial charge >= 0.3 is 6.09 Å². The van der Waals surface area contributed by atoms with E-state index in [1.54, 1.807) is 11.5 Å². The van der Waals surface area contributed by atoms with Gasteiger partial charge in [0.05, 0.1) is 18.5 Å². The van der Waals surface area contributed by atoms with Gasteiger partial charge in [0.25, 0.3) is 0 Å². The van der Waals surface area contributed by atoms with Gasteiger partial charge in [-0.2, -0.15) is 5.10 Å². The second kappa shape index (κ2) is 9.03. The van der Waals surface area contributed by atoms with Gasteiger partial charge in [-0.15, -0.1) is 0 Å². The number of aromatic hydroxyl groups is 1. The molecule has 1 aromatic carbocycles. The van der Waals surface area contributed by atoms with Crippen LogP contribution >= 0.6 is 11.3 Å². The number of aromatic nitrogens is 1. The molecule has 0 atom stereocenters. The van der Waals surface area contributed by atoms with Crippen LogP contribution < -0.4 is 10.2 Å². The van der Waals surface area contributed by atoms with Gasteiger partial charge in [-0.05, 0) is 25.5 Å². The molecule has 1 heterocycles. The number of hydrogen-bond acceptors (Lipinski definition) is 6. The van der Waals surface area contributed by atoms with Gasteiger partial charge in [0, 0.05) is 6.54 Å². The Kier molecular flexibility index (Phi) is 6.76. The van der Waals surface area contributed by atoms with E-state index in [1.807, 2.05) is 30.3 Å². The average Bonchev–Trinajstić information content (AvgIpc) is 2.94. The Morgan fingerprint density at radius 2 is 2.08 bits per heavy atom. The number of methoxy groups -OCH3 is 1. The zero-order valence-electron chi connectivity index (χ0n) is 14.5. The van der Waals surface area contributed by atoms with Gasteiger partial charge in [-0.25, -0.2) is 15.2 Å². The maximum atomic E-state index is 11.2. The van der Waals surface area contributed by atoms with Crippen LogP contribution in [0.25, 0.3) is 0 Å². The number of amides is 1. The summed E-state index contributed by atoms with van der Waals surface area (Å²) < 4.78 is 6.26. The van der Waals surface area contributed by atoms with Crippen LogP contribution in [0.3, 0.4) is 0 Å². The van der Waals surface area contributed by atoms with Crippen LogP contribution in [0.1, 0.15) is 31.6 Å². The summed E-state index contributed by atoms with van der Waals surface area (Å²) in [6.45, 7) is 4.45. The Morgan fingerprint density at radius 1 is 1.36 bits per heavy atom. The fraction of sp³-hybridized carbons (Fsp3) is 0.353. The van der Waals surface area contributed by atoms with E-state index in [4.69, 9.17) is 0 Å². The van der Waals surface area contributed by atoms with Crippen molar-refractivity contribution in [2.24, 2.45) is 10.1 Å². The first-order valence-corrected chi connectivity index (χ1v) is 8.79. The maximum Gasteiger partial charge on any atom is 0.427 e. The molecule has 2 N–H and O–H groups in total. The van der Waals surface area contributed by atoms with Crippen molar-refractivity contribution in [2.75, 3.05) is 7.11 Å². The highest BCUT2D eigenvalue weighted by atomic mass is 32.1. The fourth-order valence-corrected chi connectivity index (χ4v) is 3.10. The minimum Gasteiger partial charge on any atom is -0.493 e. The summed E-state index contributed by atoms with van der Waals surface area (Å²) in [4.78, 5) is 17.0. The Bertz CT molecular complexity index is 809. The number of nitrogens with one attached hydrogen (secondary N) is 1. The summed E-state index contributed by atoms with van der Waals surface area (Å²) in [7, 11) is 1.26. The number of rotatable bonds is 6. The zero-order valence-corrected chi connectivity index (χ0v) is 15.3. The molecule has 0 aliphatic carbocycles. The Hall–Kier alpha value is -2.61. The number of thiazole rings is 1. The quantitative estimate of drug-likeness (QED) is 0.610. The lowest BCUT2D eigenvalue weighted by molar-refractivity contribution is 0.171. The van der Waals surface area contributed by atoms with E-state index in [1.165, 1.54) is 18.4 Å². The van der Waals surface area contributed by atoms with Crippen molar-refractivity contribution < 1.29 is 14.6 Å². The molecule has 25 heavy (non-hydrogen) atoms. The second-order valence-corrected chi connectivity index (χ2v) is 6.27. The molecule has 134 valence electrons. The molecule has 0 bridgehead atoms. The third kappa shape index (κ3) is 4.93. The number of para-hydroxylation sites is 1.